The van der Waals surface area contributed by atoms with Gasteiger partial charge in [-0.25, -0.2) is 0 Å². The van der Waals surface area contributed by atoms with Gasteiger partial charge in [0.15, 0.2) is 5.78 Å². The smallest absolute Gasteiger partial charge is 0.179 e. The lowest BCUT2D eigenvalue weighted by molar-refractivity contribution is 0.0962. The molecule has 2 aliphatic rings. The van der Waals surface area contributed by atoms with Crippen molar-refractivity contribution in [2.45, 2.75) is 52.0 Å². The normalized spacial score (nSPS) is 19.9. The van der Waals surface area contributed by atoms with E-state index >= 15 is 0 Å². The van der Waals surface area contributed by atoms with Crippen molar-refractivity contribution in [3.63, 3.8) is 0 Å². The summed E-state index contributed by atoms with van der Waals surface area (Å²) in [6, 6.07) is 2.22. The molecule has 0 unspecified atom stereocenters. The average Bonchev–Trinajstić information content (AvgIpc) is 2.99. The first kappa shape index (κ1) is 12.9. The molecule has 0 atom stereocenters. The monoisotopic (exact) mass is 260 g/mol. The van der Waals surface area contributed by atoms with Gasteiger partial charge >= 0.3 is 0 Å². The fourth-order valence-electron chi connectivity index (χ4n) is 3.57. The molecule has 19 heavy (non-hydrogen) atoms. The second-order valence-corrected chi connectivity index (χ2v) is 5.99. The quantitative estimate of drug-likeness (QED) is 0.831. The SMILES string of the molecule is Cc1cc2c(n1CCCN1CCCC1)C(=O)CCC2. The van der Waals surface area contributed by atoms with Gasteiger partial charge in [-0.3, -0.25) is 4.79 Å². The number of Topliss-reactive ketones (excluding diaryl/α,β-unsaturated/α-hetero) is 1. The van der Waals surface area contributed by atoms with Crippen LogP contribution in [0.2, 0.25) is 0 Å². The number of rotatable bonds is 4. The Morgan fingerprint density at radius 3 is 2.68 bits per heavy atom. The van der Waals surface area contributed by atoms with Crippen LogP contribution in [0.3, 0.4) is 0 Å². The summed E-state index contributed by atoms with van der Waals surface area (Å²) in [5.41, 5.74) is 3.57. The van der Waals surface area contributed by atoms with Crippen molar-refractivity contribution in [3.8, 4) is 0 Å². The predicted molar refractivity (Wildman–Crippen MR) is 76.7 cm³/mol. The topological polar surface area (TPSA) is 25.2 Å². The number of carbonyl (C=O) groups excluding carboxylic acids is 1. The molecule has 1 aliphatic heterocycles. The zero-order valence-corrected chi connectivity index (χ0v) is 12.0. The van der Waals surface area contributed by atoms with E-state index in [-0.39, 0.29) is 0 Å². The Kier molecular flexibility index (Phi) is 3.74. The van der Waals surface area contributed by atoms with Gasteiger partial charge in [-0.05, 0) is 70.3 Å². The number of fused-ring (bicyclic) bond motifs is 1. The second-order valence-electron chi connectivity index (χ2n) is 5.99. The van der Waals surface area contributed by atoms with E-state index in [1.54, 1.807) is 0 Å². The Morgan fingerprint density at radius 2 is 1.89 bits per heavy atom. The summed E-state index contributed by atoms with van der Waals surface area (Å²) in [4.78, 5) is 14.7. The van der Waals surface area contributed by atoms with E-state index < -0.39 is 0 Å². The first-order valence-electron chi connectivity index (χ1n) is 7.70. The van der Waals surface area contributed by atoms with Crippen molar-refractivity contribution in [1.29, 1.82) is 0 Å². The number of likely N-dealkylation sites (tertiary alicyclic amines) is 1. The minimum atomic E-state index is 0.357. The number of aryl methyl sites for hydroxylation is 2. The lowest BCUT2D eigenvalue weighted by Gasteiger charge is -2.18. The molecule has 104 valence electrons. The maximum atomic E-state index is 12.1. The molecule has 0 aromatic carbocycles. The Labute approximate surface area is 115 Å². The van der Waals surface area contributed by atoms with Crippen molar-refractivity contribution < 1.29 is 4.79 Å². The van der Waals surface area contributed by atoms with Gasteiger partial charge in [0.1, 0.15) is 0 Å². The summed E-state index contributed by atoms with van der Waals surface area (Å²) in [5, 5.41) is 0. The van der Waals surface area contributed by atoms with Crippen LogP contribution in [-0.2, 0) is 13.0 Å². The van der Waals surface area contributed by atoms with Crippen LogP contribution in [-0.4, -0.2) is 34.9 Å². The van der Waals surface area contributed by atoms with Gasteiger partial charge < -0.3 is 9.47 Å². The summed E-state index contributed by atoms with van der Waals surface area (Å²) < 4.78 is 2.27. The molecule has 1 aromatic rings. The highest BCUT2D eigenvalue weighted by molar-refractivity contribution is 5.97. The molecule has 0 radical (unpaired) electrons. The summed E-state index contributed by atoms with van der Waals surface area (Å²) in [7, 11) is 0. The third-order valence-electron chi connectivity index (χ3n) is 4.55. The molecular weight excluding hydrogens is 236 g/mol. The van der Waals surface area contributed by atoms with E-state index in [9.17, 15) is 4.79 Å². The maximum Gasteiger partial charge on any atom is 0.179 e. The standard InChI is InChI=1S/C16H24N2O/c1-13-12-14-6-4-7-15(19)16(14)18(13)11-5-10-17-8-2-3-9-17/h12H,2-11H2,1H3. The lowest BCUT2D eigenvalue weighted by atomic mass is 9.97. The van der Waals surface area contributed by atoms with Crippen LogP contribution >= 0.6 is 0 Å². The number of aromatic nitrogens is 1. The Balaban J connectivity index is 1.66. The van der Waals surface area contributed by atoms with E-state index in [0.29, 0.717) is 5.78 Å². The highest BCUT2D eigenvalue weighted by Crippen LogP contribution is 2.25. The van der Waals surface area contributed by atoms with Crippen LogP contribution in [0.25, 0.3) is 0 Å². The predicted octanol–water partition coefficient (Wildman–Crippen LogP) is 2.80. The fraction of sp³-hybridized carbons (Fsp3) is 0.688. The minimum Gasteiger partial charge on any atom is -0.342 e. The van der Waals surface area contributed by atoms with Gasteiger partial charge in [0.25, 0.3) is 0 Å². The molecule has 0 spiro atoms. The highest BCUT2D eigenvalue weighted by atomic mass is 16.1. The molecule has 3 rings (SSSR count). The maximum absolute atomic E-state index is 12.1. The third kappa shape index (κ3) is 2.62. The first-order chi connectivity index (χ1) is 9.25. The van der Waals surface area contributed by atoms with Crippen molar-refractivity contribution in [3.05, 3.63) is 23.0 Å². The molecule has 0 N–H and O–H groups in total. The first-order valence-corrected chi connectivity index (χ1v) is 7.70. The fourth-order valence-corrected chi connectivity index (χ4v) is 3.57. The van der Waals surface area contributed by atoms with Crippen molar-refractivity contribution >= 4 is 5.78 Å². The number of carbonyl (C=O) groups is 1. The van der Waals surface area contributed by atoms with Crippen molar-refractivity contribution in [1.82, 2.24) is 9.47 Å². The lowest BCUT2D eigenvalue weighted by Crippen LogP contribution is -2.23. The molecule has 1 aromatic heterocycles. The number of ketones is 1. The van der Waals surface area contributed by atoms with E-state index in [1.165, 1.54) is 43.7 Å². The molecule has 3 nitrogen and oxygen atoms in total. The van der Waals surface area contributed by atoms with Gasteiger partial charge in [-0.1, -0.05) is 0 Å². The number of hydrogen-bond acceptors (Lipinski definition) is 2. The molecule has 0 amide bonds. The van der Waals surface area contributed by atoms with Crippen LogP contribution in [0.1, 0.15) is 53.8 Å². The van der Waals surface area contributed by atoms with Crippen LogP contribution in [0, 0.1) is 6.92 Å². The van der Waals surface area contributed by atoms with E-state index in [2.05, 4.69) is 22.5 Å². The molecule has 2 heterocycles. The second kappa shape index (κ2) is 5.49. The summed E-state index contributed by atoms with van der Waals surface area (Å²) in [5.74, 6) is 0.357. The van der Waals surface area contributed by atoms with E-state index in [4.69, 9.17) is 0 Å². The molecule has 0 saturated carbocycles. The number of nitrogens with zero attached hydrogens (tertiary/aromatic N) is 2. The van der Waals surface area contributed by atoms with Crippen LogP contribution < -0.4 is 0 Å². The average molecular weight is 260 g/mol. The zero-order chi connectivity index (χ0) is 13.2. The van der Waals surface area contributed by atoms with E-state index in [0.717, 1.165) is 37.9 Å². The molecule has 0 bridgehead atoms. The van der Waals surface area contributed by atoms with Gasteiger partial charge in [0, 0.05) is 18.7 Å². The Bertz CT molecular complexity index is 469. The summed E-state index contributed by atoms with van der Waals surface area (Å²) >= 11 is 0. The van der Waals surface area contributed by atoms with Crippen molar-refractivity contribution in [2.24, 2.45) is 0 Å². The van der Waals surface area contributed by atoms with E-state index in [1.807, 2.05) is 0 Å². The van der Waals surface area contributed by atoms with Gasteiger partial charge in [0.2, 0.25) is 0 Å². The Morgan fingerprint density at radius 1 is 1.11 bits per heavy atom. The molecular formula is C16H24N2O. The Hall–Kier alpha value is -1.09. The van der Waals surface area contributed by atoms with Gasteiger partial charge in [-0.2, -0.15) is 0 Å². The molecule has 1 aliphatic carbocycles. The van der Waals surface area contributed by atoms with Gasteiger partial charge in [-0.15, -0.1) is 0 Å². The van der Waals surface area contributed by atoms with Crippen LogP contribution in [0.15, 0.2) is 6.07 Å². The summed E-state index contributed by atoms with van der Waals surface area (Å²) in [6.07, 6.45) is 6.73. The van der Waals surface area contributed by atoms with Crippen molar-refractivity contribution in [2.75, 3.05) is 19.6 Å². The molecule has 1 saturated heterocycles. The number of hydrogen-bond donors (Lipinski definition) is 0. The third-order valence-corrected chi connectivity index (χ3v) is 4.55. The summed E-state index contributed by atoms with van der Waals surface area (Å²) in [6.45, 7) is 6.86. The van der Waals surface area contributed by atoms with Crippen LogP contribution in [0.4, 0.5) is 0 Å². The largest absolute Gasteiger partial charge is 0.342 e. The zero-order valence-electron chi connectivity index (χ0n) is 12.0. The molecule has 1 fully saturated rings. The minimum absolute atomic E-state index is 0.357. The van der Waals surface area contributed by atoms with Crippen LogP contribution in [0.5, 0.6) is 0 Å². The highest BCUT2D eigenvalue weighted by Gasteiger charge is 2.23. The van der Waals surface area contributed by atoms with Gasteiger partial charge in [0.05, 0.1) is 5.69 Å². The molecule has 3 heteroatoms.